The van der Waals surface area contributed by atoms with Gasteiger partial charge >= 0.3 is 5.97 Å². The molecule has 19 heavy (non-hydrogen) atoms. The molecular weight excluding hydrogens is 246 g/mol. The highest BCUT2D eigenvalue weighted by Gasteiger charge is 2.25. The molecule has 0 atom stereocenters. The third-order valence-corrected chi connectivity index (χ3v) is 3.60. The topological polar surface area (TPSA) is 93.4 Å². The van der Waals surface area contributed by atoms with E-state index in [0.717, 1.165) is 12.8 Å². The summed E-state index contributed by atoms with van der Waals surface area (Å²) in [6, 6.07) is 2.23. The summed E-state index contributed by atoms with van der Waals surface area (Å²) in [4.78, 5) is 24.1. The van der Waals surface area contributed by atoms with E-state index in [9.17, 15) is 9.59 Å². The second-order valence-corrected chi connectivity index (χ2v) is 4.99. The Morgan fingerprint density at radius 3 is 2.53 bits per heavy atom. The first-order valence-corrected chi connectivity index (χ1v) is 6.61. The van der Waals surface area contributed by atoms with Crippen LogP contribution in [0.5, 0.6) is 0 Å². The largest absolute Gasteiger partial charge is 0.481 e. The molecule has 0 aromatic carbocycles. The number of nitrogens with one attached hydrogen (secondary N) is 1. The second kappa shape index (κ2) is 7.74. The molecule has 0 saturated heterocycles. The van der Waals surface area contributed by atoms with Crippen molar-refractivity contribution in [3.05, 3.63) is 0 Å². The Morgan fingerprint density at radius 1 is 1.37 bits per heavy atom. The van der Waals surface area contributed by atoms with E-state index in [1.54, 1.807) is 11.9 Å². The number of hydrogen-bond donors (Lipinski definition) is 2. The molecule has 2 N–H and O–H groups in total. The maximum atomic E-state index is 11.7. The summed E-state index contributed by atoms with van der Waals surface area (Å²) in [7, 11) is 1.68. The van der Waals surface area contributed by atoms with E-state index in [0.29, 0.717) is 25.8 Å². The molecule has 106 valence electrons. The Kier molecular flexibility index (Phi) is 6.30. The molecule has 0 heterocycles. The van der Waals surface area contributed by atoms with E-state index in [2.05, 4.69) is 5.32 Å². The summed E-state index contributed by atoms with van der Waals surface area (Å²) in [5.74, 6) is -0.978. The van der Waals surface area contributed by atoms with Gasteiger partial charge in [0.2, 0.25) is 5.91 Å². The molecule has 0 aliphatic heterocycles. The Labute approximate surface area is 113 Å². The Morgan fingerprint density at radius 2 is 2.00 bits per heavy atom. The highest BCUT2D eigenvalue weighted by atomic mass is 16.4. The van der Waals surface area contributed by atoms with E-state index in [1.165, 1.54) is 0 Å². The average molecular weight is 267 g/mol. The molecule has 1 fully saturated rings. The average Bonchev–Trinajstić information content (AvgIpc) is 2.42. The quantitative estimate of drug-likeness (QED) is 0.734. The van der Waals surface area contributed by atoms with Gasteiger partial charge in [-0.3, -0.25) is 9.59 Å². The van der Waals surface area contributed by atoms with Gasteiger partial charge < -0.3 is 15.3 Å². The Balaban J connectivity index is 2.21. The zero-order valence-electron chi connectivity index (χ0n) is 11.3. The van der Waals surface area contributed by atoms with Crippen molar-refractivity contribution in [1.82, 2.24) is 10.2 Å². The van der Waals surface area contributed by atoms with Crippen LogP contribution < -0.4 is 5.32 Å². The van der Waals surface area contributed by atoms with Crippen molar-refractivity contribution in [1.29, 1.82) is 5.26 Å². The lowest BCUT2D eigenvalue weighted by Gasteiger charge is -2.27. The minimum absolute atomic E-state index is 0.0318. The van der Waals surface area contributed by atoms with Gasteiger partial charge in [0.1, 0.15) is 0 Å². The smallest absolute Gasteiger partial charge is 0.306 e. The van der Waals surface area contributed by atoms with Gasteiger partial charge in [0, 0.05) is 19.6 Å². The number of nitriles is 1. The summed E-state index contributed by atoms with van der Waals surface area (Å²) < 4.78 is 0. The van der Waals surface area contributed by atoms with Gasteiger partial charge in [-0.1, -0.05) is 0 Å². The number of likely N-dealkylation sites (N-methyl/N-ethyl adjacent to an activating group) is 1. The summed E-state index contributed by atoms with van der Waals surface area (Å²) in [5, 5.41) is 20.5. The Bertz CT molecular complexity index is 357. The maximum absolute atomic E-state index is 11.7. The fourth-order valence-electron chi connectivity index (χ4n) is 2.25. The number of amides is 1. The van der Waals surface area contributed by atoms with Crippen molar-refractivity contribution in [2.24, 2.45) is 5.92 Å². The van der Waals surface area contributed by atoms with Gasteiger partial charge in [-0.25, -0.2) is 0 Å². The van der Waals surface area contributed by atoms with Gasteiger partial charge in [0.05, 0.1) is 25.0 Å². The summed E-state index contributed by atoms with van der Waals surface area (Å²) in [6.45, 7) is 0.701. The molecule has 6 nitrogen and oxygen atoms in total. The first kappa shape index (κ1) is 15.4. The number of carboxylic acid groups (broad SMARTS) is 1. The molecule has 0 unspecified atom stereocenters. The molecule has 1 rings (SSSR count). The van der Waals surface area contributed by atoms with Crippen LogP contribution in [0.1, 0.15) is 32.1 Å². The predicted molar refractivity (Wildman–Crippen MR) is 69.3 cm³/mol. The molecule has 0 radical (unpaired) electrons. The molecular formula is C13H21N3O3. The fraction of sp³-hybridized carbons (Fsp3) is 0.769. The second-order valence-electron chi connectivity index (χ2n) is 4.99. The molecule has 6 heteroatoms. The lowest BCUT2D eigenvalue weighted by atomic mass is 9.86. The van der Waals surface area contributed by atoms with Crippen molar-refractivity contribution in [3.8, 4) is 6.07 Å². The van der Waals surface area contributed by atoms with Crippen LogP contribution in [0.3, 0.4) is 0 Å². The van der Waals surface area contributed by atoms with Crippen LogP contribution in [0.15, 0.2) is 0 Å². The minimum atomic E-state index is -0.717. The summed E-state index contributed by atoms with van der Waals surface area (Å²) in [6.07, 6.45) is 3.28. The van der Waals surface area contributed by atoms with E-state index in [4.69, 9.17) is 10.4 Å². The number of rotatable bonds is 6. The van der Waals surface area contributed by atoms with Gasteiger partial charge in [0.25, 0.3) is 0 Å². The lowest BCUT2D eigenvalue weighted by molar-refractivity contribution is -0.143. The molecule has 0 aromatic rings. The van der Waals surface area contributed by atoms with Crippen LogP contribution >= 0.6 is 0 Å². The zero-order chi connectivity index (χ0) is 14.3. The highest BCUT2D eigenvalue weighted by molar-refractivity contribution is 5.78. The van der Waals surface area contributed by atoms with Crippen LogP contribution in [0.4, 0.5) is 0 Å². The standard InChI is InChI=1S/C13H21N3O3/c1-16(8-2-7-14)12(17)9-15-11-5-3-10(4-6-11)13(18)19/h10-11,15H,2-6,8-9H2,1H3,(H,18,19). The maximum Gasteiger partial charge on any atom is 0.306 e. The molecule has 1 aliphatic carbocycles. The third-order valence-electron chi connectivity index (χ3n) is 3.60. The monoisotopic (exact) mass is 267 g/mol. The van der Waals surface area contributed by atoms with Crippen LogP contribution in [0.2, 0.25) is 0 Å². The van der Waals surface area contributed by atoms with Crippen molar-refractivity contribution >= 4 is 11.9 Å². The first-order chi connectivity index (χ1) is 9.04. The van der Waals surface area contributed by atoms with E-state index in [1.807, 2.05) is 6.07 Å². The van der Waals surface area contributed by atoms with Crippen LogP contribution in [0, 0.1) is 17.2 Å². The molecule has 0 spiro atoms. The van der Waals surface area contributed by atoms with Crippen molar-refractivity contribution in [3.63, 3.8) is 0 Å². The minimum Gasteiger partial charge on any atom is -0.481 e. The fourth-order valence-corrected chi connectivity index (χ4v) is 2.25. The van der Waals surface area contributed by atoms with E-state index in [-0.39, 0.29) is 24.4 Å². The predicted octanol–water partition coefficient (Wildman–Crippen LogP) is 0.591. The number of carboxylic acids is 1. The number of aliphatic carboxylic acids is 1. The Hall–Kier alpha value is -1.61. The van der Waals surface area contributed by atoms with Crippen LogP contribution in [-0.2, 0) is 9.59 Å². The van der Waals surface area contributed by atoms with Gasteiger partial charge in [0.15, 0.2) is 0 Å². The van der Waals surface area contributed by atoms with E-state index < -0.39 is 5.97 Å². The van der Waals surface area contributed by atoms with Crippen molar-refractivity contribution in [2.45, 2.75) is 38.1 Å². The molecule has 1 amide bonds. The normalized spacial score (nSPS) is 22.5. The lowest BCUT2D eigenvalue weighted by Crippen LogP contribution is -2.42. The summed E-state index contributed by atoms with van der Waals surface area (Å²) >= 11 is 0. The highest BCUT2D eigenvalue weighted by Crippen LogP contribution is 2.24. The number of carbonyl (C=O) groups is 2. The molecule has 1 aliphatic rings. The van der Waals surface area contributed by atoms with E-state index >= 15 is 0 Å². The first-order valence-electron chi connectivity index (χ1n) is 6.61. The number of carbonyl (C=O) groups excluding carboxylic acids is 1. The van der Waals surface area contributed by atoms with Gasteiger partial charge in [-0.05, 0) is 25.7 Å². The van der Waals surface area contributed by atoms with Crippen LogP contribution in [-0.4, -0.2) is 48.1 Å². The molecule has 1 saturated carbocycles. The van der Waals surface area contributed by atoms with Crippen molar-refractivity contribution < 1.29 is 14.7 Å². The zero-order valence-corrected chi connectivity index (χ0v) is 11.3. The van der Waals surface area contributed by atoms with Crippen LogP contribution in [0.25, 0.3) is 0 Å². The molecule has 0 aromatic heterocycles. The van der Waals surface area contributed by atoms with Gasteiger partial charge in [-0.15, -0.1) is 0 Å². The SMILES string of the molecule is CN(CCC#N)C(=O)CNC1CCC(C(=O)O)CC1. The van der Waals surface area contributed by atoms with Crippen molar-refractivity contribution in [2.75, 3.05) is 20.1 Å². The number of nitrogens with zero attached hydrogens (tertiary/aromatic N) is 2. The third kappa shape index (κ3) is 5.26. The summed E-state index contributed by atoms with van der Waals surface area (Å²) in [5.41, 5.74) is 0. The van der Waals surface area contributed by atoms with Gasteiger partial charge in [-0.2, -0.15) is 5.26 Å². The number of hydrogen-bond acceptors (Lipinski definition) is 4. The molecule has 0 bridgehead atoms.